The van der Waals surface area contributed by atoms with Gasteiger partial charge in [0.2, 0.25) is 0 Å². The SMILES string of the molecule is [2H]C1([2H])c2cc(Cl)c(C)cc2C(C)N1C(=O)NC[C@@]1(C2CC2)NC(=O)NC1=O. The molecule has 1 aromatic carbocycles. The number of fused-ring (bicyclic) bond motifs is 1. The molecule has 3 aliphatic rings. The maximum absolute atomic E-state index is 12.9. The largest absolute Gasteiger partial charge is 0.335 e. The molecule has 1 aliphatic carbocycles. The van der Waals surface area contributed by atoms with Crippen LogP contribution in [-0.2, 0) is 11.3 Å². The van der Waals surface area contributed by atoms with Gasteiger partial charge in [-0.25, -0.2) is 9.59 Å². The normalized spacial score (nSPS) is 30.3. The lowest BCUT2D eigenvalue weighted by Crippen LogP contribution is -2.58. The van der Waals surface area contributed by atoms with Crippen molar-refractivity contribution in [1.82, 2.24) is 20.9 Å². The van der Waals surface area contributed by atoms with Crippen LogP contribution < -0.4 is 16.0 Å². The molecule has 0 aromatic heterocycles. The Morgan fingerprint density at radius 2 is 2.19 bits per heavy atom. The van der Waals surface area contributed by atoms with Gasteiger partial charge in [0.1, 0.15) is 5.54 Å². The third-order valence-electron chi connectivity index (χ3n) is 5.39. The Bertz CT molecular complexity index is 905. The molecule has 1 aromatic rings. The maximum Gasteiger partial charge on any atom is 0.322 e. The molecule has 2 fully saturated rings. The van der Waals surface area contributed by atoms with Crippen LogP contribution in [0, 0.1) is 12.8 Å². The number of imide groups is 1. The van der Waals surface area contributed by atoms with E-state index in [-0.39, 0.29) is 12.5 Å². The minimum absolute atomic E-state index is 0.0364. The first kappa shape index (κ1) is 14.8. The van der Waals surface area contributed by atoms with Crippen LogP contribution in [-0.4, -0.2) is 35.0 Å². The average molecular weight is 379 g/mol. The van der Waals surface area contributed by atoms with Crippen molar-refractivity contribution in [3.63, 3.8) is 0 Å². The van der Waals surface area contributed by atoms with Gasteiger partial charge in [0.25, 0.3) is 5.91 Å². The number of carbonyl (C=O) groups is 3. The van der Waals surface area contributed by atoms with Gasteiger partial charge < -0.3 is 15.5 Å². The van der Waals surface area contributed by atoms with Crippen LogP contribution in [0.3, 0.4) is 0 Å². The molecule has 0 spiro atoms. The summed E-state index contributed by atoms with van der Waals surface area (Å²) in [5.74, 6) is -0.492. The number of urea groups is 2. The van der Waals surface area contributed by atoms with Gasteiger partial charge in [0, 0.05) is 11.5 Å². The van der Waals surface area contributed by atoms with E-state index in [0.717, 1.165) is 23.3 Å². The Balaban J connectivity index is 1.57. The third kappa shape index (κ3) is 2.61. The zero-order valence-electron chi connectivity index (χ0n) is 16.5. The second kappa shape index (κ2) is 5.87. The van der Waals surface area contributed by atoms with Crippen LogP contribution in [0.4, 0.5) is 9.59 Å². The molecule has 0 bridgehead atoms. The second-order valence-electron chi connectivity index (χ2n) is 7.16. The van der Waals surface area contributed by atoms with Gasteiger partial charge in [-0.05, 0) is 55.4 Å². The Kier molecular flexibility index (Phi) is 3.35. The molecular weight excluding hydrogens is 356 g/mol. The van der Waals surface area contributed by atoms with E-state index in [0.29, 0.717) is 16.1 Å². The number of hydrogen-bond donors (Lipinski definition) is 3. The van der Waals surface area contributed by atoms with Crippen molar-refractivity contribution in [1.29, 1.82) is 0 Å². The number of nitrogens with one attached hydrogen (secondary N) is 3. The number of aryl methyl sites for hydroxylation is 1. The van der Waals surface area contributed by atoms with E-state index < -0.39 is 36.0 Å². The highest BCUT2D eigenvalue weighted by Crippen LogP contribution is 2.41. The van der Waals surface area contributed by atoms with Crippen LogP contribution in [0.15, 0.2) is 12.1 Å². The van der Waals surface area contributed by atoms with Gasteiger partial charge in [-0.15, -0.1) is 0 Å². The lowest BCUT2D eigenvalue weighted by Gasteiger charge is -2.29. The smallest absolute Gasteiger partial charge is 0.322 e. The summed E-state index contributed by atoms with van der Waals surface area (Å²) in [4.78, 5) is 38.0. The molecule has 3 N–H and O–H groups in total. The van der Waals surface area contributed by atoms with Crippen LogP contribution in [0.2, 0.25) is 5.02 Å². The van der Waals surface area contributed by atoms with Crippen molar-refractivity contribution < 1.29 is 17.1 Å². The molecule has 26 heavy (non-hydrogen) atoms. The fourth-order valence-corrected chi connectivity index (χ4v) is 3.84. The van der Waals surface area contributed by atoms with Crippen LogP contribution in [0.1, 0.15) is 45.2 Å². The first-order valence-corrected chi connectivity index (χ1v) is 8.97. The van der Waals surface area contributed by atoms with Crippen LogP contribution in [0.25, 0.3) is 0 Å². The van der Waals surface area contributed by atoms with Crippen molar-refractivity contribution in [2.45, 2.75) is 44.8 Å². The fourth-order valence-electron chi connectivity index (χ4n) is 3.68. The third-order valence-corrected chi connectivity index (χ3v) is 5.80. The quantitative estimate of drug-likeness (QED) is 0.704. The number of halogens is 1. The lowest BCUT2D eigenvalue weighted by atomic mass is 9.93. The van der Waals surface area contributed by atoms with Crippen molar-refractivity contribution in [2.24, 2.45) is 5.92 Å². The molecule has 2 aliphatic heterocycles. The molecule has 0 radical (unpaired) electrons. The summed E-state index contributed by atoms with van der Waals surface area (Å²) >= 11 is 6.16. The second-order valence-corrected chi connectivity index (χ2v) is 7.57. The summed E-state index contributed by atoms with van der Waals surface area (Å²) in [5, 5.41) is 7.98. The van der Waals surface area contributed by atoms with Gasteiger partial charge >= 0.3 is 12.1 Å². The summed E-state index contributed by atoms with van der Waals surface area (Å²) in [6, 6.07) is 1.63. The van der Waals surface area contributed by atoms with Crippen molar-refractivity contribution in [3.8, 4) is 0 Å². The van der Waals surface area contributed by atoms with E-state index in [1.165, 1.54) is 0 Å². The number of carbonyl (C=O) groups excluding carboxylic acids is 3. The Hall–Kier alpha value is -2.28. The van der Waals surface area contributed by atoms with E-state index in [1.54, 1.807) is 19.1 Å². The van der Waals surface area contributed by atoms with Gasteiger partial charge in [-0.3, -0.25) is 10.1 Å². The lowest BCUT2D eigenvalue weighted by molar-refractivity contribution is -0.124. The zero-order valence-corrected chi connectivity index (χ0v) is 15.2. The van der Waals surface area contributed by atoms with Gasteiger partial charge in [0.05, 0.1) is 15.3 Å². The van der Waals surface area contributed by atoms with E-state index in [1.807, 2.05) is 6.92 Å². The molecular formula is C18H21ClN4O3. The predicted molar refractivity (Wildman–Crippen MR) is 95.7 cm³/mol. The Morgan fingerprint density at radius 3 is 2.81 bits per heavy atom. The average Bonchev–Trinajstić information content (AvgIpc) is 3.38. The van der Waals surface area contributed by atoms with E-state index in [4.69, 9.17) is 14.3 Å². The molecule has 1 saturated carbocycles. The number of amides is 5. The van der Waals surface area contributed by atoms with E-state index in [9.17, 15) is 14.4 Å². The van der Waals surface area contributed by atoms with E-state index in [2.05, 4.69) is 16.0 Å². The van der Waals surface area contributed by atoms with Crippen LogP contribution in [0.5, 0.6) is 0 Å². The maximum atomic E-state index is 12.9. The summed E-state index contributed by atoms with van der Waals surface area (Å²) in [6.45, 7) is 1.43. The standard InChI is InChI=1S/C18H21ClN4O3/c1-9-5-13-10(2)23(7-11(13)6-14(9)19)17(26)20-8-18(12-3-4-12)15(24)21-16(25)22-18/h5-6,10,12H,3-4,7-8H2,1-2H3,(H,20,26)(H2,21,22,24,25)/t10?,18-/m0/s1/i7D2. The summed E-state index contributed by atoms with van der Waals surface area (Å²) < 4.78 is 17.0. The summed E-state index contributed by atoms with van der Waals surface area (Å²) in [7, 11) is 0. The predicted octanol–water partition coefficient (Wildman–Crippen LogP) is 2.22. The highest BCUT2D eigenvalue weighted by atomic mass is 35.5. The first-order valence-electron chi connectivity index (χ1n) is 9.59. The molecule has 4 rings (SSSR count). The number of rotatable bonds is 3. The highest BCUT2D eigenvalue weighted by Gasteiger charge is 2.56. The fraction of sp³-hybridized carbons (Fsp3) is 0.500. The Labute approximate surface area is 159 Å². The highest BCUT2D eigenvalue weighted by molar-refractivity contribution is 6.31. The summed E-state index contributed by atoms with van der Waals surface area (Å²) in [6.07, 6.45) is 1.57. The molecule has 2 heterocycles. The molecule has 1 unspecified atom stereocenters. The molecule has 7 nitrogen and oxygen atoms in total. The number of benzene rings is 1. The molecule has 2 atom stereocenters. The van der Waals surface area contributed by atoms with Crippen LogP contribution >= 0.6 is 11.6 Å². The molecule has 5 amide bonds. The van der Waals surface area contributed by atoms with Gasteiger partial charge in [-0.2, -0.15) is 0 Å². The molecule has 8 heteroatoms. The summed E-state index contributed by atoms with van der Waals surface area (Å²) in [5.41, 5.74) is 0.693. The minimum Gasteiger partial charge on any atom is -0.335 e. The van der Waals surface area contributed by atoms with Gasteiger partial charge in [0.15, 0.2) is 0 Å². The topological polar surface area (TPSA) is 90.5 Å². The van der Waals surface area contributed by atoms with Gasteiger partial charge in [-0.1, -0.05) is 17.7 Å². The molecule has 1 saturated heterocycles. The number of hydrogen-bond acceptors (Lipinski definition) is 3. The molecule has 138 valence electrons. The van der Waals surface area contributed by atoms with E-state index >= 15 is 0 Å². The number of nitrogens with zero attached hydrogens (tertiary/aromatic N) is 1. The minimum atomic E-state index is -2.05. The first-order chi connectivity index (χ1) is 13.1. The van der Waals surface area contributed by atoms with Crippen molar-refractivity contribution in [2.75, 3.05) is 6.54 Å². The van der Waals surface area contributed by atoms with Crippen molar-refractivity contribution >= 4 is 29.6 Å². The monoisotopic (exact) mass is 378 g/mol. The zero-order chi connectivity index (χ0) is 20.4. The Morgan fingerprint density at radius 1 is 1.46 bits per heavy atom. The van der Waals surface area contributed by atoms with Crippen molar-refractivity contribution in [3.05, 3.63) is 33.8 Å².